The Bertz CT molecular complexity index is 858. The Morgan fingerprint density at radius 3 is 2.61 bits per heavy atom. The number of benzene rings is 2. The van der Waals surface area contributed by atoms with Crippen LogP contribution in [0.4, 0.5) is 0 Å². The van der Waals surface area contributed by atoms with Crippen molar-refractivity contribution in [1.29, 1.82) is 0 Å². The third-order valence-corrected chi connectivity index (χ3v) is 6.26. The second-order valence-corrected chi connectivity index (χ2v) is 8.72. The quantitative estimate of drug-likeness (QED) is 0.629. The summed E-state index contributed by atoms with van der Waals surface area (Å²) < 4.78 is 17.1. The molecule has 2 fully saturated rings. The van der Waals surface area contributed by atoms with Gasteiger partial charge in [-0.25, -0.2) is 0 Å². The van der Waals surface area contributed by atoms with Crippen molar-refractivity contribution in [3.8, 4) is 5.75 Å². The lowest BCUT2D eigenvalue weighted by Gasteiger charge is -2.32. The van der Waals surface area contributed by atoms with Crippen molar-refractivity contribution in [2.75, 3.05) is 19.8 Å². The Morgan fingerprint density at radius 1 is 1.06 bits per heavy atom. The molecule has 2 aliphatic heterocycles. The third kappa shape index (κ3) is 5.77. The summed E-state index contributed by atoms with van der Waals surface area (Å²) in [6.07, 6.45) is 0.297. The topological polar surface area (TPSA) is 88.4 Å². The Balaban J connectivity index is 1.43. The minimum atomic E-state index is -0.610. The van der Waals surface area contributed by atoms with Crippen LogP contribution >= 0.6 is 11.6 Å². The van der Waals surface area contributed by atoms with Gasteiger partial charge >= 0.3 is 0 Å². The third-order valence-electron chi connectivity index (χ3n) is 5.89. The summed E-state index contributed by atoms with van der Waals surface area (Å²) >= 11 is 6.45. The number of aliphatic hydroxyl groups excluding tert-OH is 3. The highest BCUT2D eigenvalue weighted by Gasteiger charge is 2.29. The Morgan fingerprint density at radius 2 is 1.87 bits per heavy atom. The normalized spacial score (nSPS) is 29.0. The number of hydrogen-bond acceptors (Lipinski definition) is 6. The summed E-state index contributed by atoms with van der Waals surface area (Å²) in [7, 11) is 0. The SMILES string of the molecule is OC[C@@H]1CC(O)C[C@H](c2ccc(Cl)c(Cc3ccc(OC4CCOCC4O)cc3)c2)O1. The fourth-order valence-electron chi connectivity index (χ4n) is 4.17. The maximum atomic E-state index is 10.1. The number of hydrogen-bond donors (Lipinski definition) is 3. The maximum Gasteiger partial charge on any atom is 0.129 e. The van der Waals surface area contributed by atoms with Crippen LogP contribution in [0.25, 0.3) is 0 Å². The van der Waals surface area contributed by atoms with Crippen molar-refractivity contribution < 1.29 is 29.5 Å². The average Bonchev–Trinajstić information content (AvgIpc) is 2.77. The molecule has 2 heterocycles. The largest absolute Gasteiger partial charge is 0.488 e. The van der Waals surface area contributed by atoms with Gasteiger partial charge < -0.3 is 29.5 Å². The minimum Gasteiger partial charge on any atom is -0.488 e. The van der Waals surface area contributed by atoms with Crippen molar-refractivity contribution >= 4 is 11.6 Å². The first-order chi connectivity index (χ1) is 15.0. The van der Waals surface area contributed by atoms with E-state index in [4.69, 9.17) is 25.8 Å². The highest BCUT2D eigenvalue weighted by atomic mass is 35.5. The summed E-state index contributed by atoms with van der Waals surface area (Å²) in [6, 6.07) is 13.6. The van der Waals surface area contributed by atoms with E-state index in [0.717, 1.165) is 16.7 Å². The van der Waals surface area contributed by atoms with Gasteiger partial charge in [-0.3, -0.25) is 0 Å². The molecule has 0 bridgehead atoms. The molecule has 4 rings (SSSR count). The Hall–Kier alpha value is -1.67. The molecule has 31 heavy (non-hydrogen) atoms. The molecule has 2 aromatic carbocycles. The van der Waals surface area contributed by atoms with Crippen molar-refractivity contribution in [3.63, 3.8) is 0 Å². The van der Waals surface area contributed by atoms with Crippen LogP contribution in [0.5, 0.6) is 5.75 Å². The summed E-state index contributed by atoms with van der Waals surface area (Å²) in [5.41, 5.74) is 3.00. The predicted molar refractivity (Wildman–Crippen MR) is 116 cm³/mol. The van der Waals surface area contributed by atoms with E-state index in [0.29, 0.717) is 49.7 Å². The zero-order valence-corrected chi connectivity index (χ0v) is 18.1. The van der Waals surface area contributed by atoms with Gasteiger partial charge in [0.25, 0.3) is 0 Å². The predicted octanol–water partition coefficient (Wildman–Crippen LogP) is 3.03. The van der Waals surface area contributed by atoms with Crippen LogP contribution in [-0.4, -0.2) is 59.6 Å². The number of ether oxygens (including phenoxy) is 3. The van der Waals surface area contributed by atoms with Gasteiger partial charge in [-0.1, -0.05) is 35.9 Å². The van der Waals surface area contributed by atoms with Crippen LogP contribution in [0.2, 0.25) is 5.02 Å². The monoisotopic (exact) mass is 448 g/mol. The Labute approximate surface area is 187 Å². The van der Waals surface area contributed by atoms with Crippen LogP contribution in [-0.2, 0) is 15.9 Å². The van der Waals surface area contributed by atoms with E-state index in [1.165, 1.54) is 0 Å². The molecule has 2 saturated heterocycles. The molecule has 5 atom stereocenters. The number of rotatable bonds is 6. The summed E-state index contributed by atoms with van der Waals surface area (Å²) in [5, 5.41) is 30.2. The van der Waals surface area contributed by atoms with Gasteiger partial charge in [0.15, 0.2) is 0 Å². The molecular weight excluding hydrogens is 420 g/mol. The van der Waals surface area contributed by atoms with Crippen molar-refractivity contribution in [3.05, 3.63) is 64.2 Å². The first-order valence-corrected chi connectivity index (χ1v) is 11.1. The fourth-order valence-corrected chi connectivity index (χ4v) is 4.36. The average molecular weight is 449 g/mol. The highest BCUT2D eigenvalue weighted by molar-refractivity contribution is 6.31. The summed E-state index contributed by atoms with van der Waals surface area (Å²) in [4.78, 5) is 0. The molecule has 6 nitrogen and oxygen atoms in total. The molecule has 3 N–H and O–H groups in total. The molecule has 2 aromatic rings. The van der Waals surface area contributed by atoms with E-state index in [1.807, 2.05) is 42.5 Å². The lowest BCUT2D eigenvalue weighted by molar-refractivity contribution is -0.113. The van der Waals surface area contributed by atoms with Crippen LogP contribution in [0.3, 0.4) is 0 Å². The molecule has 0 aromatic heterocycles. The van der Waals surface area contributed by atoms with Crippen molar-refractivity contribution in [1.82, 2.24) is 0 Å². The van der Waals surface area contributed by atoms with Crippen LogP contribution in [0, 0.1) is 0 Å². The first kappa shape index (κ1) is 22.5. The molecule has 0 aliphatic carbocycles. The van der Waals surface area contributed by atoms with Crippen LogP contribution in [0.15, 0.2) is 42.5 Å². The van der Waals surface area contributed by atoms with Gasteiger partial charge in [0.2, 0.25) is 0 Å². The maximum absolute atomic E-state index is 10.1. The second kappa shape index (κ2) is 10.3. The zero-order chi connectivity index (χ0) is 21.8. The molecule has 0 radical (unpaired) electrons. The smallest absolute Gasteiger partial charge is 0.129 e. The van der Waals surface area contributed by atoms with E-state index in [9.17, 15) is 15.3 Å². The van der Waals surface area contributed by atoms with E-state index in [1.54, 1.807) is 0 Å². The molecule has 0 saturated carbocycles. The van der Waals surface area contributed by atoms with Gasteiger partial charge in [-0.15, -0.1) is 0 Å². The number of halogens is 1. The molecule has 2 aliphatic rings. The first-order valence-electron chi connectivity index (χ1n) is 10.8. The van der Waals surface area contributed by atoms with Crippen molar-refractivity contribution in [2.24, 2.45) is 0 Å². The molecule has 3 unspecified atom stereocenters. The van der Waals surface area contributed by atoms with E-state index >= 15 is 0 Å². The summed E-state index contributed by atoms with van der Waals surface area (Å²) in [6.45, 7) is 0.793. The molecule has 168 valence electrons. The molecular formula is C24H29ClO6. The molecule has 0 spiro atoms. The minimum absolute atomic E-state index is 0.104. The van der Waals surface area contributed by atoms with Gasteiger partial charge in [0.05, 0.1) is 38.1 Å². The molecule has 0 amide bonds. The lowest BCUT2D eigenvalue weighted by atomic mass is 9.94. The van der Waals surface area contributed by atoms with Crippen molar-refractivity contribution in [2.45, 2.75) is 56.2 Å². The van der Waals surface area contributed by atoms with E-state index in [-0.39, 0.29) is 24.9 Å². The lowest BCUT2D eigenvalue weighted by Crippen LogP contribution is -2.40. The van der Waals surface area contributed by atoms with Gasteiger partial charge in [0, 0.05) is 24.3 Å². The standard InChI is InChI=1S/C24H29ClO6/c25-21-6-3-16(24-12-18(27)11-20(13-26)31-24)10-17(21)9-15-1-4-19(5-2-15)30-23-7-8-29-14-22(23)28/h1-6,10,18,20,22-24,26-28H,7-9,11-14H2/t18?,20-,22?,23?,24+/m0/s1. The fraction of sp³-hybridized carbons (Fsp3) is 0.500. The molecule has 7 heteroatoms. The van der Waals surface area contributed by atoms with E-state index < -0.39 is 12.2 Å². The van der Waals surface area contributed by atoms with Crippen LogP contribution in [0.1, 0.15) is 42.1 Å². The number of aliphatic hydroxyl groups is 3. The summed E-state index contributed by atoms with van der Waals surface area (Å²) in [5.74, 6) is 0.717. The zero-order valence-electron chi connectivity index (χ0n) is 17.3. The van der Waals surface area contributed by atoms with E-state index in [2.05, 4.69) is 0 Å². The Kier molecular flexibility index (Phi) is 7.48. The highest BCUT2D eigenvalue weighted by Crippen LogP contribution is 2.34. The van der Waals surface area contributed by atoms with Gasteiger partial charge in [-0.05, 0) is 41.3 Å². The van der Waals surface area contributed by atoms with Gasteiger partial charge in [-0.2, -0.15) is 0 Å². The second-order valence-electron chi connectivity index (χ2n) is 8.31. The van der Waals surface area contributed by atoms with Crippen LogP contribution < -0.4 is 4.74 Å². The van der Waals surface area contributed by atoms with Gasteiger partial charge in [0.1, 0.15) is 18.0 Å².